The van der Waals surface area contributed by atoms with E-state index in [4.69, 9.17) is 18.0 Å². The molecule has 2 rings (SSSR count). The SMILES string of the molecule is NC(=S)c1ccc(F)c(CN2CCCS2(=O)=O)c1. The van der Waals surface area contributed by atoms with Gasteiger partial charge in [0.2, 0.25) is 10.0 Å². The summed E-state index contributed by atoms with van der Waals surface area (Å²) in [7, 11) is -3.23. The molecule has 4 nitrogen and oxygen atoms in total. The average molecular weight is 288 g/mol. The smallest absolute Gasteiger partial charge is 0.214 e. The lowest BCUT2D eigenvalue weighted by molar-refractivity contribution is 0.430. The molecular weight excluding hydrogens is 275 g/mol. The molecule has 1 aliphatic heterocycles. The third kappa shape index (κ3) is 2.68. The zero-order valence-corrected chi connectivity index (χ0v) is 11.2. The van der Waals surface area contributed by atoms with Gasteiger partial charge in [-0.25, -0.2) is 12.8 Å². The lowest BCUT2D eigenvalue weighted by Crippen LogP contribution is -2.25. The van der Waals surface area contributed by atoms with Crippen molar-refractivity contribution in [2.75, 3.05) is 12.3 Å². The second kappa shape index (κ2) is 4.91. The first kappa shape index (κ1) is 13.4. The van der Waals surface area contributed by atoms with Gasteiger partial charge in [0, 0.05) is 24.2 Å². The lowest BCUT2D eigenvalue weighted by Gasteiger charge is -2.15. The maximum Gasteiger partial charge on any atom is 0.214 e. The van der Waals surface area contributed by atoms with Crippen LogP contribution in [0, 0.1) is 5.82 Å². The molecule has 2 N–H and O–H groups in total. The van der Waals surface area contributed by atoms with Gasteiger partial charge < -0.3 is 5.73 Å². The predicted molar refractivity (Wildman–Crippen MR) is 71.1 cm³/mol. The molecule has 0 aromatic heterocycles. The Kier molecular flexibility index (Phi) is 3.65. The van der Waals surface area contributed by atoms with Gasteiger partial charge in [-0.2, -0.15) is 4.31 Å². The van der Waals surface area contributed by atoms with Crippen molar-refractivity contribution in [2.24, 2.45) is 5.73 Å². The molecule has 0 saturated carbocycles. The summed E-state index contributed by atoms with van der Waals surface area (Å²) in [4.78, 5) is 0.167. The summed E-state index contributed by atoms with van der Waals surface area (Å²) < 4.78 is 38.2. The van der Waals surface area contributed by atoms with Gasteiger partial charge in [0.15, 0.2) is 0 Å². The highest BCUT2D eigenvalue weighted by Crippen LogP contribution is 2.20. The summed E-state index contributed by atoms with van der Waals surface area (Å²) in [6, 6.07) is 4.25. The topological polar surface area (TPSA) is 63.4 Å². The van der Waals surface area contributed by atoms with Crippen LogP contribution in [0.1, 0.15) is 17.5 Å². The number of hydrogen-bond donors (Lipinski definition) is 1. The molecule has 98 valence electrons. The van der Waals surface area contributed by atoms with Crippen LogP contribution >= 0.6 is 12.2 Å². The van der Waals surface area contributed by atoms with Gasteiger partial charge in [0.25, 0.3) is 0 Å². The van der Waals surface area contributed by atoms with Gasteiger partial charge in [-0.1, -0.05) is 12.2 Å². The highest BCUT2D eigenvalue weighted by Gasteiger charge is 2.28. The van der Waals surface area contributed by atoms with Crippen molar-refractivity contribution in [2.45, 2.75) is 13.0 Å². The van der Waals surface area contributed by atoms with Crippen molar-refractivity contribution >= 4 is 27.2 Å². The Morgan fingerprint density at radius 3 is 2.78 bits per heavy atom. The summed E-state index contributed by atoms with van der Waals surface area (Å²) in [6.45, 7) is 0.462. The molecule has 1 heterocycles. The van der Waals surface area contributed by atoms with Crippen LogP contribution in [0.4, 0.5) is 4.39 Å². The van der Waals surface area contributed by atoms with E-state index in [1.165, 1.54) is 22.5 Å². The fourth-order valence-electron chi connectivity index (χ4n) is 1.91. The third-order valence-corrected chi connectivity index (χ3v) is 5.02. The predicted octanol–water partition coefficient (Wildman–Crippen LogP) is 0.995. The first-order valence-corrected chi connectivity index (χ1v) is 7.48. The summed E-state index contributed by atoms with van der Waals surface area (Å²) in [5.41, 5.74) is 6.31. The first-order valence-electron chi connectivity index (χ1n) is 5.46. The minimum absolute atomic E-state index is 0.0324. The Morgan fingerprint density at radius 2 is 2.22 bits per heavy atom. The van der Waals surface area contributed by atoms with E-state index < -0.39 is 15.8 Å². The highest BCUT2D eigenvalue weighted by atomic mass is 32.2. The molecule has 1 fully saturated rings. The molecule has 0 unspecified atom stereocenters. The normalized spacial score (nSPS) is 18.9. The number of benzene rings is 1. The first-order chi connectivity index (χ1) is 8.40. The van der Waals surface area contributed by atoms with Crippen LogP contribution in [0.25, 0.3) is 0 Å². The molecule has 7 heteroatoms. The molecule has 18 heavy (non-hydrogen) atoms. The molecule has 1 saturated heterocycles. The van der Waals surface area contributed by atoms with Crippen LogP contribution in [0.5, 0.6) is 0 Å². The molecule has 0 aliphatic carbocycles. The van der Waals surface area contributed by atoms with Crippen LogP contribution in [-0.4, -0.2) is 30.0 Å². The van der Waals surface area contributed by atoms with Crippen molar-refractivity contribution < 1.29 is 12.8 Å². The number of sulfonamides is 1. The largest absolute Gasteiger partial charge is 0.389 e. The number of thiocarbonyl (C=S) groups is 1. The molecule has 0 spiro atoms. The van der Waals surface area contributed by atoms with Crippen molar-refractivity contribution in [3.63, 3.8) is 0 Å². The molecule has 1 aliphatic rings. The second-order valence-electron chi connectivity index (χ2n) is 4.17. The highest BCUT2D eigenvalue weighted by molar-refractivity contribution is 7.89. The van der Waals surface area contributed by atoms with E-state index in [1.54, 1.807) is 0 Å². The van der Waals surface area contributed by atoms with E-state index in [-0.39, 0.29) is 17.3 Å². The summed E-state index contributed by atoms with van der Waals surface area (Å²) in [6.07, 6.45) is 0.582. The second-order valence-corrected chi connectivity index (χ2v) is 6.70. The standard InChI is InChI=1S/C11H13FN2O2S2/c12-10-3-2-8(11(13)17)6-9(10)7-14-4-1-5-18(14,15)16/h2-3,6H,1,4-5,7H2,(H2,13,17). The van der Waals surface area contributed by atoms with E-state index in [2.05, 4.69) is 0 Å². The maximum atomic E-state index is 13.6. The zero-order chi connectivity index (χ0) is 13.3. The summed E-state index contributed by atoms with van der Waals surface area (Å²) in [5, 5.41) is 0. The van der Waals surface area contributed by atoms with E-state index in [9.17, 15) is 12.8 Å². The van der Waals surface area contributed by atoms with Crippen molar-refractivity contribution in [3.8, 4) is 0 Å². The summed E-state index contributed by atoms with van der Waals surface area (Å²) in [5.74, 6) is -0.319. The third-order valence-electron chi connectivity index (χ3n) is 2.88. The Hall–Kier alpha value is -1.05. The quantitative estimate of drug-likeness (QED) is 0.843. The molecular formula is C11H13FN2O2S2. The Bertz CT molecular complexity index is 587. The maximum absolute atomic E-state index is 13.6. The Labute approximate surface area is 111 Å². The average Bonchev–Trinajstić information content (AvgIpc) is 2.61. The van der Waals surface area contributed by atoms with Gasteiger partial charge in [-0.3, -0.25) is 0 Å². The van der Waals surface area contributed by atoms with Crippen LogP contribution < -0.4 is 5.73 Å². The van der Waals surface area contributed by atoms with E-state index in [0.29, 0.717) is 24.1 Å². The Morgan fingerprint density at radius 1 is 1.50 bits per heavy atom. The zero-order valence-electron chi connectivity index (χ0n) is 9.60. The van der Waals surface area contributed by atoms with Crippen LogP contribution in [0.15, 0.2) is 18.2 Å². The number of halogens is 1. The molecule has 0 bridgehead atoms. The van der Waals surface area contributed by atoms with E-state index >= 15 is 0 Å². The number of nitrogens with two attached hydrogens (primary N) is 1. The van der Waals surface area contributed by atoms with Gasteiger partial charge in [-0.15, -0.1) is 0 Å². The fourth-order valence-corrected chi connectivity index (χ4v) is 3.53. The fraction of sp³-hybridized carbons (Fsp3) is 0.364. The van der Waals surface area contributed by atoms with Crippen LogP contribution in [-0.2, 0) is 16.6 Å². The van der Waals surface area contributed by atoms with Gasteiger partial charge in [0.1, 0.15) is 10.8 Å². The van der Waals surface area contributed by atoms with E-state index in [1.807, 2.05) is 0 Å². The van der Waals surface area contributed by atoms with E-state index in [0.717, 1.165) is 0 Å². The minimum atomic E-state index is -3.23. The Balaban J connectivity index is 2.29. The molecule has 0 atom stereocenters. The van der Waals surface area contributed by atoms with Crippen molar-refractivity contribution in [1.82, 2.24) is 4.31 Å². The molecule has 1 aromatic rings. The van der Waals surface area contributed by atoms with Crippen molar-refractivity contribution in [3.05, 3.63) is 35.1 Å². The van der Waals surface area contributed by atoms with Gasteiger partial charge in [0.05, 0.1) is 5.75 Å². The number of hydrogen-bond acceptors (Lipinski definition) is 3. The van der Waals surface area contributed by atoms with Crippen LogP contribution in [0.3, 0.4) is 0 Å². The monoisotopic (exact) mass is 288 g/mol. The number of rotatable bonds is 3. The number of nitrogens with zero attached hydrogens (tertiary/aromatic N) is 1. The molecule has 1 aromatic carbocycles. The van der Waals surface area contributed by atoms with Crippen LogP contribution in [0.2, 0.25) is 0 Å². The lowest BCUT2D eigenvalue weighted by atomic mass is 10.1. The molecule has 0 radical (unpaired) electrons. The summed E-state index contributed by atoms with van der Waals surface area (Å²) >= 11 is 4.82. The molecule has 0 amide bonds. The van der Waals surface area contributed by atoms with Gasteiger partial charge in [-0.05, 0) is 24.6 Å². The van der Waals surface area contributed by atoms with Gasteiger partial charge >= 0.3 is 0 Å². The van der Waals surface area contributed by atoms with Crippen molar-refractivity contribution in [1.29, 1.82) is 0 Å². The minimum Gasteiger partial charge on any atom is -0.389 e.